The lowest BCUT2D eigenvalue weighted by atomic mass is 10.0. The first-order valence-electron chi connectivity index (χ1n) is 7.23. The molecule has 1 heterocycles. The van der Waals surface area contributed by atoms with E-state index in [-0.39, 0.29) is 0 Å². The van der Waals surface area contributed by atoms with Gasteiger partial charge in [0, 0.05) is 29.8 Å². The third-order valence-electron chi connectivity index (χ3n) is 3.38. The van der Waals surface area contributed by atoms with Crippen LogP contribution in [0.1, 0.15) is 18.2 Å². The van der Waals surface area contributed by atoms with Gasteiger partial charge in [-0.05, 0) is 30.5 Å². The zero-order valence-corrected chi connectivity index (χ0v) is 13.5. The second-order valence-electron chi connectivity index (χ2n) is 4.70. The van der Waals surface area contributed by atoms with Crippen molar-refractivity contribution in [1.82, 2.24) is 4.98 Å². The topological polar surface area (TPSA) is 83.7 Å². The smallest absolute Gasteiger partial charge is 0.330 e. The maximum atomic E-state index is 11.5. The van der Waals surface area contributed by atoms with E-state index in [2.05, 4.69) is 4.98 Å². The van der Waals surface area contributed by atoms with E-state index in [0.717, 1.165) is 22.0 Å². The van der Waals surface area contributed by atoms with Gasteiger partial charge in [-0.3, -0.25) is 4.98 Å². The van der Waals surface area contributed by atoms with E-state index in [1.807, 2.05) is 12.1 Å². The highest BCUT2D eigenvalue weighted by molar-refractivity contribution is 5.97. The molecule has 0 spiro atoms. The number of nitrogens with two attached hydrogens (primary N) is 1. The molecule has 0 saturated carbocycles. The summed E-state index contributed by atoms with van der Waals surface area (Å²) in [5, 5.41) is 1.73. The molecule has 0 aliphatic heterocycles. The fraction of sp³-hybridized carbons (Fsp3) is 0.294. The molecular weight excluding hydrogens is 296 g/mol. The van der Waals surface area contributed by atoms with Gasteiger partial charge < -0.3 is 19.9 Å². The number of carbonyl (C=O) groups is 1. The molecule has 122 valence electrons. The van der Waals surface area contributed by atoms with E-state index < -0.39 is 5.97 Å². The normalized spacial score (nSPS) is 11.0. The van der Waals surface area contributed by atoms with Gasteiger partial charge in [0.2, 0.25) is 0 Å². The molecule has 0 fully saturated rings. The maximum Gasteiger partial charge on any atom is 0.330 e. The quantitative estimate of drug-likeness (QED) is 0.650. The average molecular weight is 316 g/mol. The lowest BCUT2D eigenvalue weighted by molar-refractivity contribution is -0.137. The van der Waals surface area contributed by atoms with E-state index in [0.29, 0.717) is 24.7 Å². The number of ether oxygens (including phenoxy) is 3. The Hall–Kier alpha value is -2.60. The van der Waals surface area contributed by atoms with Crippen molar-refractivity contribution in [3.05, 3.63) is 35.7 Å². The highest BCUT2D eigenvalue weighted by Crippen LogP contribution is 2.35. The predicted molar refractivity (Wildman–Crippen MR) is 88.4 cm³/mol. The van der Waals surface area contributed by atoms with E-state index in [1.165, 1.54) is 6.08 Å². The summed E-state index contributed by atoms with van der Waals surface area (Å²) < 4.78 is 15.6. The Kier molecular flexibility index (Phi) is 5.54. The van der Waals surface area contributed by atoms with Crippen molar-refractivity contribution in [1.29, 1.82) is 0 Å². The number of pyridine rings is 1. The number of rotatable bonds is 6. The van der Waals surface area contributed by atoms with Crippen LogP contribution in [-0.2, 0) is 16.1 Å². The largest absolute Gasteiger partial charge is 0.493 e. The Balaban J connectivity index is 2.60. The molecule has 0 aliphatic carbocycles. The van der Waals surface area contributed by atoms with Gasteiger partial charge in [-0.1, -0.05) is 0 Å². The van der Waals surface area contributed by atoms with Crippen molar-refractivity contribution in [2.24, 2.45) is 5.73 Å². The zero-order chi connectivity index (χ0) is 16.8. The van der Waals surface area contributed by atoms with Crippen molar-refractivity contribution in [3.63, 3.8) is 0 Å². The molecule has 23 heavy (non-hydrogen) atoms. The molecule has 0 amide bonds. The van der Waals surface area contributed by atoms with Crippen LogP contribution in [0.3, 0.4) is 0 Å². The SMILES string of the molecule is CCOC(=O)/C=C/c1cnc(CN)c2cc(OC)c(OC)cc12. The van der Waals surface area contributed by atoms with Crippen LogP contribution in [0.2, 0.25) is 0 Å². The van der Waals surface area contributed by atoms with Crippen molar-refractivity contribution in [2.75, 3.05) is 20.8 Å². The molecule has 2 N–H and O–H groups in total. The van der Waals surface area contributed by atoms with E-state index in [4.69, 9.17) is 19.9 Å². The highest BCUT2D eigenvalue weighted by Gasteiger charge is 2.12. The summed E-state index contributed by atoms with van der Waals surface area (Å²) in [7, 11) is 3.15. The molecule has 0 bridgehead atoms. The number of hydrogen-bond donors (Lipinski definition) is 1. The third kappa shape index (κ3) is 3.60. The fourth-order valence-electron chi connectivity index (χ4n) is 2.29. The molecule has 0 aliphatic rings. The molecule has 6 nitrogen and oxygen atoms in total. The minimum absolute atomic E-state index is 0.299. The van der Waals surface area contributed by atoms with Crippen LogP contribution in [-0.4, -0.2) is 31.8 Å². The van der Waals surface area contributed by atoms with E-state index in [1.54, 1.807) is 33.4 Å². The summed E-state index contributed by atoms with van der Waals surface area (Å²) in [6, 6.07) is 3.69. The number of hydrogen-bond acceptors (Lipinski definition) is 6. The van der Waals surface area contributed by atoms with Crippen molar-refractivity contribution in [3.8, 4) is 11.5 Å². The minimum atomic E-state index is -0.399. The molecule has 2 aromatic rings. The van der Waals surface area contributed by atoms with Crippen LogP contribution in [0.5, 0.6) is 11.5 Å². The third-order valence-corrected chi connectivity index (χ3v) is 3.38. The minimum Gasteiger partial charge on any atom is -0.493 e. The molecule has 0 radical (unpaired) electrons. The number of nitrogens with zero attached hydrogens (tertiary/aromatic N) is 1. The summed E-state index contributed by atoms with van der Waals surface area (Å²) in [5.74, 6) is 0.798. The Labute approximate surface area is 134 Å². The lowest BCUT2D eigenvalue weighted by Gasteiger charge is -2.12. The van der Waals surface area contributed by atoms with Crippen molar-refractivity contribution < 1.29 is 19.0 Å². The second-order valence-corrected chi connectivity index (χ2v) is 4.70. The van der Waals surface area contributed by atoms with Crippen LogP contribution in [0.4, 0.5) is 0 Å². The highest BCUT2D eigenvalue weighted by atomic mass is 16.5. The molecule has 2 rings (SSSR count). The summed E-state index contributed by atoms with van der Waals surface area (Å²) >= 11 is 0. The summed E-state index contributed by atoms with van der Waals surface area (Å²) in [5.41, 5.74) is 7.28. The summed E-state index contributed by atoms with van der Waals surface area (Å²) in [4.78, 5) is 15.9. The molecule has 6 heteroatoms. The van der Waals surface area contributed by atoms with E-state index in [9.17, 15) is 4.79 Å². The second kappa shape index (κ2) is 7.60. The van der Waals surface area contributed by atoms with Gasteiger partial charge in [0.25, 0.3) is 0 Å². The van der Waals surface area contributed by atoms with Gasteiger partial charge in [-0.2, -0.15) is 0 Å². The summed E-state index contributed by atoms with van der Waals surface area (Å²) in [6.07, 6.45) is 4.71. The zero-order valence-electron chi connectivity index (χ0n) is 13.5. The summed E-state index contributed by atoms with van der Waals surface area (Å²) in [6.45, 7) is 2.39. The van der Waals surface area contributed by atoms with Crippen molar-refractivity contribution in [2.45, 2.75) is 13.5 Å². The molecular formula is C17H20N2O4. The van der Waals surface area contributed by atoms with Gasteiger partial charge in [-0.25, -0.2) is 4.79 Å². The van der Waals surface area contributed by atoms with Crippen molar-refractivity contribution >= 4 is 22.8 Å². The van der Waals surface area contributed by atoms with Crippen LogP contribution in [0, 0.1) is 0 Å². The molecule has 0 saturated heterocycles. The van der Waals surface area contributed by atoms with Gasteiger partial charge >= 0.3 is 5.97 Å². The first-order valence-corrected chi connectivity index (χ1v) is 7.23. The fourth-order valence-corrected chi connectivity index (χ4v) is 2.29. The van der Waals surface area contributed by atoms with Crippen LogP contribution >= 0.6 is 0 Å². The number of methoxy groups -OCH3 is 2. The molecule has 1 aromatic heterocycles. The Morgan fingerprint density at radius 2 is 1.87 bits per heavy atom. The van der Waals surface area contributed by atoms with Gasteiger partial charge in [0.1, 0.15) is 0 Å². The lowest BCUT2D eigenvalue weighted by Crippen LogP contribution is -2.02. The number of aromatic nitrogens is 1. The first kappa shape index (κ1) is 16.8. The Morgan fingerprint density at radius 1 is 1.22 bits per heavy atom. The Bertz CT molecular complexity index is 741. The molecule has 1 aromatic carbocycles. The van der Waals surface area contributed by atoms with Gasteiger partial charge in [0.15, 0.2) is 11.5 Å². The number of esters is 1. The average Bonchev–Trinajstić information content (AvgIpc) is 2.58. The van der Waals surface area contributed by atoms with Crippen LogP contribution < -0.4 is 15.2 Å². The molecule has 0 unspecified atom stereocenters. The Morgan fingerprint density at radius 3 is 2.43 bits per heavy atom. The van der Waals surface area contributed by atoms with Gasteiger partial charge in [-0.15, -0.1) is 0 Å². The maximum absolute atomic E-state index is 11.5. The first-order chi connectivity index (χ1) is 11.1. The van der Waals surface area contributed by atoms with Gasteiger partial charge in [0.05, 0.1) is 26.5 Å². The molecule has 0 atom stereocenters. The standard InChI is InChI=1S/C17H20N2O4/c1-4-23-17(20)6-5-11-10-19-14(9-18)13-8-16(22-3)15(21-2)7-12(11)13/h5-8,10H,4,9,18H2,1-3H3/b6-5+. The predicted octanol–water partition coefficient (Wildman–Crippen LogP) is 2.29. The van der Waals surface area contributed by atoms with E-state index >= 15 is 0 Å². The monoisotopic (exact) mass is 316 g/mol. The number of fused-ring (bicyclic) bond motifs is 1. The number of benzene rings is 1. The van der Waals surface area contributed by atoms with Crippen LogP contribution in [0.25, 0.3) is 16.8 Å². The van der Waals surface area contributed by atoms with Crippen LogP contribution in [0.15, 0.2) is 24.4 Å². The number of carbonyl (C=O) groups excluding carboxylic acids is 1.